The van der Waals surface area contributed by atoms with Crippen molar-refractivity contribution < 1.29 is 9.59 Å². The predicted octanol–water partition coefficient (Wildman–Crippen LogP) is 2.20. The Bertz CT molecular complexity index is 295. The van der Waals surface area contributed by atoms with Gasteiger partial charge in [-0.3, -0.25) is 9.59 Å². The summed E-state index contributed by atoms with van der Waals surface area (Å²) in [6.07, 6.45) is 5.48. The molecule has 2 nitrogen and oxygen atoms in total. The molecule has 70 valence electrons. The standard InChI is InChI=1S/C11H14O2/c1-3-4-5-9-8(2)10(12)6-7-11(9)13/h6-7H,3-5H2,1-2H3. The van der Waals surface area contributed by atoms with Gasteiger partial charge in [-0.05, 0) is 31.9 Å². The van der Waals surface area contributed by atoms with Crippen LogP contribution < -0.4 is 0 Å². The van der Waals surface area contributed by atoms with E-state index in [1.165, 1.54) is 12.2 Å². The average molecular weight is 178 g/mol. The van der Waals surface area contributed by atoms with E-state index < -0.39 is 0 Å². The Morgan fingerprint density at radius 3 is 2.38 bits per heavy atom. The van der Waals surface area contributed by atoms with Crippen LogP contribution in [0.4, 0.5) is 0 Å². The normalized spacial score (nSPS) is 17.1. The highest BCUT2D eigenvalue weighted by molar-refractivity contribution is 6.19. The second-order valence-electron chi connectivity index (χ2n) is 3.27. The minimum Gasteiger partial charge on any atom is -0.290 e. The summed E-state index contributed by atoms with van der Waals surface area (Å²) in [5.41, 5.74) is 1.33. The minimum atomic E-state index is -0.0225. The van der Waals surface area contributed by atoms with Crippen molar-refractivity contribution in [1.29, 1.82) is 0 Å². The number of ketones is 2. The average Bonchev–Trinajstić information content (AvgIpc) is 2.12. The monoisotopic (exact) mass is 178 g/mol. The summed E-state index contributed by atoms with van der Waals surface area (Å²) in [5.74, 6) is -0.0174. The molecule has 0 N–H and O–H groups in total. The Kier molecular flexibility index (Phi) is 3.18. The van der Waals surface area contributed by atoms with E-state index in [-0.39, 0.29) is 11.6 Å². The molecule has 0 aromatic carbocycles. The van der Waals surface area contributed by atoms with Crippen LogP contribution in [0.25, 0.3) is 0 Å². The van der Waals surface area contributed by atoms with Crippen LogP contribution in [-0.4, -0.2) is 11.6 Å². The molecule has 0 amide bonds. The summed E-state index contributed by atoms with van der Waals surface area (Å²) in [6.45, 7) is 3.80. The molecule has 0 fully saturated rings. The first-order valence-corrected chi connectivity index (χ1v) is 4.63. The second kappa shape index (κ2) is 4.17. The van der Waals surface area contributed by atoms with Crippen LogP contribution in [0.5, 0.6) is 0 Å². The van der Waals surface area contributed by atoms with Crippen LogP contribution in [0, 0.1) is 0 Å². The maximum atomic E-state index is 11.4. The number of rotatable bonds is 3. The molecule has 1 rings (SSSR count). The first-order chi connectivity index (χ1) is 6.16. The molecule has 0 saturated carbocycles. The first-order valence-electron chi connectivity index (χ1n) is 4.63. The lowest BCUT2D eigenvalue weighted by molar-refractivity contribution is -0.115. The Labute approximate surface area is 78.3 Å². The highest BCUT2D eigenvalue weighted by atomic mass is 16.1. The van der Waals surface area contributed by atoms with Crippen molar-refractivity contribution in [3.8, 4) is 0 Å². The van der Waals surface area contributed by atoms with Crippen LogP contribution in [0.15, 0.2) is 23.3 Å². The second-order valence-corrected chi connectivity index (χ2v) is 3.27. The molecule has 0 saturated heterocycles. The molecule has 0 radical (unpaired) electrons. The molecular weight excluding hydrogens is 164 g/mol. The van der Waals surface area contributed by atoms with Crippen molar-refractivity contribution in [1.82, 2.24) is 0 Å². The zero-order valence-corrected chi connectivity index (χ0v) is 8.09. The van der Waals surface area contributed by atoms with Gasteiger partial charge in [0.2, 0.25) is 0 Å². The van der Waals surface area contributed by atoms with Gasteiger partial charge in [0, 0.05) is 11.1 Å². The summed E-state index contributed by atoms with van der Waals surface area (Å²) in [4.78, 5) is 22.6. The third kappa shape index (κ3) is 2.14. The molecule has 0 heterocycles. The maximum absolute atomic E-state index is 11.4. The van der Waals surface area contributed by atoms with Gasteiger partial charge in [0.15, 0.2) is 11.6 Å². The molecule has 0 atom stereocenters. The fourth-order valence-electron chi connectivity index (χ4n) is 1.37. The van der Waals surface area contributed by atoms with E-state index >= 15 is 0 Å². The number of hydrogen-bond donors (Lipinski definition) is 0. The molecule has 0 spiro atoms. The summed E-state index contributed by atoms with van der Waals surface area (Å²) in [5, 5.41) is 0. The number of carbonyl (C=O) groups is 2. The van der Waals surface area contributed by atoms with E-state index in [2.05, 4.69) is 6.92 Å². The molecule has 1 aliphatic rings. The third-order valence-electron chi connectivity index (χ3n) is 2.29. The van der Waals surface area contributed by atoms with Gasteiger partial charge in [-0.1, -0.05) is 13.3 Å². The first kappa shape index (κ1) is 9.90. The van der Waals surface area contributed by atoms with E-state index in [1.807, 2.05) is 0 Å². The van der Waals surface area contributed by atoms with E-state index in [0.717, 1.165) is 19.3 Å². The Balaban J connectivity index is 2.83. The molecule has 0 aromatic rings. The van der Waals surface area contributed by atoms with Crippen molar-refractivity contribution in [3.63, 3.8) is 0 Å². The minimum absolute atomic E-state index is 0.00514. The van der Waals surface area contributed by atoms with Gasteiger partial charge in [-0.15, -0.1) is 0 Å². The van der Waals surface area contributed by atoms with Gasteiger partial charge < -0.3 is 0 Å². The Hall–Kier alpha value is -1.18. The lowest BCUT2D eigenvalue weighted by Crippen LogP contribution is -2.12. The summed E-state index contributed by atoms with van der Waals surface area (Å²) in [6, 6.07) is 0. The van der Waals surface area contributed by atoms with Gasteiger partial charge in [-0.25, -0.2) is 0 Å². The van der Waals surface area contributed by atoms with Crippen LogP contribution in [0.1, 0.15) is 33.1 Å². The largest absolute Gasteiger partial charge is 0.290 e. The van der Waals surface area contributed by atoms with Crippen molar-refractivity contribution >= 4 is 11.6 Å². The van der Waals surface area contributed by atoms with Crippen LogP contribution in [0.3, 0.4) is 0 Å². The van der Waals surface area contributed by atoms with Gasteiger partial charge >= 0.3 is 0 Å². The van der Waals surface area contributed by atoms with Crippen LogP contribution >= 0.6 is 0 Å². The van der Waals surface area contributed by atoms with Gasteiger partial charge in [0.1, 0.15) is 0 Å². The third-order valence-corrected chi connectivity index (χ3v) is 2.29. The smallest absolute Gasteiger partial charge is 0.182 e. The maximum Gasteiger partial charge on any atom is 0.182 e. The van der Waals surface area contributed by atoms with Crippen molar-refractivity contribution in [3.05, 3.63) is 23.3 Å². The highest BCUT2D eigenvalue weighted by Crippen LogP contribution is 2.18. The van der Waals surface area contributed by atoms with Crippen molar-refractivity contribution in [2.75, 3.05) is 0 Å². The van der Waals surface area contributed by atoms with E-state index in [0.29, 0.717) is 11.1 Å². The van der Waals surface area contributed by atoms with E-state index in [4.69, 9.17) is 0 Å². The molecule has 13 heavy (non-hydrogen) atoms. The molecular formula is C11H14O2. The molecule has 0 unspecified atom stereocenters. The topological polar surface area (TPSA) is 34.1 Å². The van der Waals surface area contributed by atoms with E-state index in [9.17, 15) is 9.59 Å². The van der Waals surface area contributed by atoms with Crippen LogP contribution in [0.2, 0.25) is 0 Å². The van der Waals surface area contributed by atoms with Crippen molar-refractivity contribution in [2.24, 2.45) is 0 Å². The van der Waals surface area contributed by atoms with Crippen molar-refractivity contribution in [2.45, 2.75) is 33.1 Å². The van der Waals surface area contributed by atoms with Crippen LogP contribution in [-0.2, 0) is 9.59 Å². The Morgan fingerprint density at radius 2 is 1.77 bits per heavy atom. The Morgan fingerprint density at radius 1 is 1.15 bits per heavy atom. The van der Waals surface area contributed by atoms with Gasteiger partial charge in [0.05, 0.1) is 0 Å². The van der Waals surface area contributed by atoms with Gasteiger partial charge in [0.25, 0.3) is 0 Å². The van der Waals surface area contributed by atoms with Gasteiger partial charge in [-0.2, -0.15) is 0 Å². The number of allylic oxidation sites excluding steroid dienone is 4. The summed E-state index contributed by atoms with van der Waals surface area (Å²) in [7, 11) is 0. The molecule has 0 bridgehead atoms. The molecule has 0 aromatic heterocycles. The zero-order chi connectivity index (χ0) is 9.84. The zero-order valence-electron chi connectivity index (χ0n) is 8.09. The number of hydrogen-bond acceptors (Lipinski definition) is 2. The lowest BCUT2D eigenvalue weighted by atomic mass is 9.92. The summed E-state index contributed by atoms with van der Waals surface area (Å²) >= 11 is 0. The molecule has 0 aliphatic heterocycles. The van der Waals surface area contributed by atoms with E-state index in [1.54, 1.807) is 6.92 Å². The number of carbonyl (C=O) groups excluding carboxylic acids is 2. The highest BCUT2D eigenvalue weighted by Gasteiger charge is 2.17. The molecule has 1 aliphatic carbocycles. The lowest BCUT2D eigenvalue weighted by Gasteiger charge is -2.10. The summed E-state index contributed by atoms with van der Waals surface area (Å²) < 4.78 is 0. The quantitative estimate of drug-likeness (QED) is 0.621. The number of unbranched alkanes of at least 4 members (excludes halogenated alkanes) is 1. The predicted molar refractivity (Wildman–Crippen MR) is 51.4 cm³/mol. The SMILES string of the molecule is CCCCC1=C(C)C(=O)C=CC1=O. The fraction of sp³-hybridized carbons (Fsp3) is 0.455. The fourth-order valence-corrected chi connectivity index (χ4v) is 1.37. The molecule has 2 heteroatoms.